The molecule has 1 aromatic rings. The van der Waals surface area contributed by atoms with Crippen molar-refractivity contribution in [2.24, 2.45) is 5.73 Å². The van der Waals surface area contributed by atoms with Gasteiger partial charge in [-0.25, -0.2) is 0 Å². The van der Waals surface area contributed by atoms with Crippen LogP contribution in [0.1, 0.15) is 37.7 Å². The van der Waals surface area contributed by atoms with Crippen LogP contribution in [-0.4, -0.2) is 29.9 Å². The van der Waals surface area contributed by atoms with Crippen molar-refractivity contribution in [2.75, 3.05) is 13.1 Å². The van der Waals surface area contributed by atoms with Gasteiger partial charge in [-0.2, -0.15) is 0 Å². The monoisotopic (exact) mass is 364 g/mol. The summed E-state index contributed by atoms with van der Waals surface area (Å²) in [6, 6.07) is 5.87. The van der Waals surface area contributed by atoms with E-state index in [0.29, 0.717) is 23.0 Å². The van der Waals surface area contributed by atoms with Gasteiger partial charge >= 0.3 is 0 Å². The molecule has 1 saturated heterocycles. The normalized spacial score (nSPS) is 18.0. The summed E-state index contributed by atoms with van der Waals surface area (Å²) in [5.41, 5.74) is 6.88. The van der Waals surface area contributed by atoms with E-state index >= 15 is 0 Å². The quantitative estimate of drug-likeness (QED) is 0.854. The molecule has 1 amide bonds. The molecule has 1 aromatic carbocycles. The number of hydrogen-bond acceptors (Lipinski definition) is 2. The predicted octanol–water partition coefficient (Wildman–Crippen LogP) is 4.08. The highest BCUT2D eigenvalue weighted by Gasteiger charge is 2.24. The van der Waals surface area contributed by atoms with Gasteiger partial charge in [-0.05, 0) is 49.8 Å². The second-order valence-electron chi connectivity index (χ2n) is 5.57. The average Bonchev–Trinajstić information content (AvgIpc) is 2.50. The number of hydrogen-bond donors (Lipinski definition) is 1. The van der Waals surface area contributed by atoms with Gasteiger partial charge in [0.1, 0.15) is 0 Å². The molecule has 124 valence electrons. The molecule has 2 rings (SSSR count). The molecular formula is C16H23Cl3N2O. The fraction of sp³-hybridized carbons (Fsp3) is 0.562. The van der Waals surface area contributed by atoms with Crippen LogP contribution in [0.2, 0.25) is 10.0 Å². The van der Waals surface area contributed by atoms with Crippen molar-refractivity contribution in [2.45, 2.75) is 44.6 Å². The highest BCUT2D eigenvalue weighted by molar-refractivity contribution is 6.42. The van der Waals surface area contributed by atoms with E-state index in [1.807, 2.05) is 17.0 Å². The van der Waals surface area contributed by atoms with Gasteiger partial charge in [-0.1, -0.05) is 29.3 Å². The van der Waals surface area contributed by atoms with Gasteiger partial charge in [0.25, 0.3) is 0 Å². The molecule has 0 bridgehead atoms. The van der Waals surface area contributed by atoms with Gasteiger partial charge in [0.15, 0.2) is 0 Å². The second-order valence-corrected chi connectivity index (χ2v) is 6.39. The molecule has 1 unspecified atom stereocenters. The number of carbonyl (C=O) groups is 1. The number of benzene rings is 1. The molecular weight excluding hydrogens is 343 g/mol. The van der Waals surface area contributed by atoms with Gasteiger partial charge in [-0.3, -0.25) is 4.79 Å². The first kappa shape index (κ1) is 19.6. The largest absolute Gasteiger partial charge is 0.338 e. The Morgan fingerprint density at radius 2 is 2.05 bits per heavy atom. The minimum Gasteiger partial charge on any atom is -0.338 e. The SMILES string of the molecule is Cl.NCC1CCCCN1C(=O)CCCc1ccc(Cl)c(Cl)c1. The standard InChI is InChI=1S/C16H22Cl2N2O.ClH/c17-14-8-7-12(10-15(14)18)4-3-6-16(21)20-9-2-1-5-13(20)11-19;/h7-8,10,13H,1-6,9,11,19H2;1H. The van der Waals surface area contributed by atoms with Crippen molar-refractivity contribution in [3.63, 3.8) is 0 Å². The van der Waals surface area contributed by atoms with Crippen molar-refractivity contribution in [1.82, 2.24) is 4.90 Å². The van der Waals surface area contributed by atoms with Crippen LogP contribution in [0.25, 0.3) is 0 Å². The van der Waals surface area contributed by atoms with Crippen LogP contribution in [0, 0.1) is 0 Å². The van der Waals surface area contributed by atoms with Crippen LogP contribution < -0.4 is 5.73 Å². The maximum Gasteiger partial charge on any atom is 0.222 e. The molecule has 0 radical (unpaired) electrons. The predicted molar refractivity (Wildman–Crippen MR) is 95.1 cm³/mol. The lowest BCUT2D eigenvalue weighted by Gasteiger charge is -2.35. The number of piperidine rings is 1. The minimum atomic E-state index is 0. The van der Waals surface area contributed by atoms with E-state index in [1.165, 1.54) is 6.42 Å². The Hall–Kier alpha value is -0.480. The Kier molecular flexibility index (Phi) is 8.55. The Labute approximate surface area is 148 Å². The van der Waals surface area contributed by atoms with E-state index in [2.05, 4.69) is 0 Å². The number of nitrogens with zero attached hydrogens (tertiary/aromatic N) is 1. The van der Waals surface area contributed by atoms with E-state index in [0.717, 1.165) is 37.8 Å². The van der Waals surface area contributed by atoms with Crippen LogP contribution in [0.3, 0.4) is 0 Å². The number of carbonyl (C=O) groups excluding carboxylic acids is 1. The lowest BCUT2D eigenvalue weighted by atomic mass is 10.0. The van der Waals surface area contributed by atoms with Gasteiger partial charge in [0.05, 0.1) is 10.0 Å². The molecule has 3 nitrogen and oxygen atoms in total. The molecule has 6 heteroatoms. The van der Waals surface area contributed by atoms with Crippen molar-refractivity contribution >= 4 is 41.5 Å². The van der Waals surface area contributed by atoms with E-state index in [9.17, 15) is 4.79 Å². The molecule has 0 aliphatic carbocycles. The number of amides is 1. The highest BCUT2D eigenvalue weighted by Crippen LogP contribution is 2.23. The molecule has 1 aliphatic rings. The second kappa shape index (κ2) is 9.61. The summed E-state index contributed by atoms with van der Waals surface area (Å²) in [5, 5.41) is 1.13. The lowest BCUT2D eigenvalue weighted by Crippen LogP contribution is -2.47. The summed E-state index contributed by atoms with van der Waals surface area (Å²) in [7, 11) is 0. The summed E-state index contributed by atoms with van der Waals surface area (Å²) in [5.74, 6) is 0.227. The average molecular weight is 366 g/mol. The number of likely N-dealkylation sites (tertiary alicyclic amines) is 1. The molecule has 1 fully saturated rings. The number of nitrogens with two attached hydrogens (primary N) is 1. The highest BCUT2D eigenvalue weighted by atomic mass is 35.5. The summed E-state index contributed by atoms with van der Waals surface area (Å²) in [4.78, 5) is 14.3. The molecule has 0 aromatic heterocycles. The summed E-state index contributed by atoms with van der Waals surface area (Å²) < 4.78 is 0. The number of halogens is 3. The minimum absolute atomic E-state index is 0. The lowest BCUT2D eigenvalue weighted by molar-refractivity contribution is -0.134. The van der Waals surface area contributed by atoms with Gasteiger partial charge in [0, 0.05) is 25.6 Å². The van der Waals surface area contributed by atoms with E-state index in [4.69, 9.17) is 28.9 Å². The topological polar surface area (TPSA) is 46.3 Å². The van der Waals surface area contributed by atoms with Crippen LogP contribution in [-0.2, 0) is 11.2 Å². The fourth-order valence-electron chi connectivity index (χ4n) is 2.86. The maximum atomic E-state index is 12.3. The van der Waals surface area contributed by atoms with Crippen molar-refractivity contribution < 1.29 is 4.79 Å². The third-order valence-corrected chi connectivity index (χ3v) is 4.80. The van der Waals surface area contributed by atoms with Crippen molar-refractivity contribution in [3.8, 4) is 0 Å². The van der Waals surface area contributed by atoms with Gasteiger partial charge < -0.3 is 10.6 Å². The Bertz CT molecular complexity index is 496. The van der Waals surface area contributed by atoms with E-state index in [-0.39, 0.29) is 24.4 Å². The molecule has 0 spiro atoms. The molecule has 1 heterocycles. The van der Waals surface area contributed by atoms with Crippen LogP contribution >= 0.6 is 35.6 Å². The number of rotatable bonds is 5. The Balaban J connectivity index is 0.00000242. The first-order valence-corrected chi connectivity index (χ1v) is 8.31. The van der Waals surface area contributed by atoms with Crippen LogP contribution in [0.4, 0.5) is 0 Å². The summed E-state index contributed by atoms with van der Waals surface area (Å²) >= 11 is 11.9. The molecule has 1 aliphatic heterocycles. The zero-order valence-corrected chi connectivity index (χ0v) is 14.9. The van der Waals surface area contributed by atoms with Gasteiger partial charge in [0.2, 0.25) is 5.91 Å². The fourth-order valence-corrected chi connectivity index (χ4v) is 3.18. The molecule has 2 N–H and O–H groups in total. The number of aryl methyl sites for hydroxylation is 1. The third kappa shape index (κ3) is 5.31. The Morgan fingerprint density at radius 3 is 2.73 bits per heavy atom. The van der Waals surface area contributed by atoms with E-state index < -0.39 is 0 Å². The zero-order chi connectivity index (χ0) is 15.2. The van der Waals surface area contributed by atoms with Crippen LogP contribution in [0.5, 0.6) is 0 Å². The van der Waals surface area contributed by atoms with Gasteiger partial charge in [-0.15, -0.1) is 12.4 Å². The van der Waals surface area contributed by atoms with E-state index in [1.54, 1.807) is 6.07 Å². The third-order valence-electron chi connectivity index (χ3n) is 4.06. The molecule has 1 atom stereocenters. The zero-order valence-electron chi connectivity index (χ0n) is 12.6. The summed E-state index contributed by atoms with van der Waals surface area (Å²) in [6.45, 7) is 1.42. The maximum absolute atomic E-state index is 12.3. The first-order chi connectivity index (χ1) is 10.1. The smallest absolute Gasteiger partial charge is 0.222 e. The molecule has 0 saturated carbocycles. The van der Waals surface area contributed by atoms with Crippen molar-refractivity contribution in [1.29, 1.82) is 0 Å². The van der Waals surface area contributed by atoms with Crippen molar-refractivity contribution in [3.05, 3.63) is 33.8 Å². The Morgan fingerprint density at radius 1 is 1.27 bits per heavy atom. The van der Waals surface area contributed by atoms with Crippen LogP contribution in [0.15, 0.2) is 18.2 Å². The first-order valence-electron chi connectivity index (χ1n) is 7.55. The molecule has 22 heavy (non-hydrogen) atoms. The summed E-state index contributed by atoms with van der Waals surface area (Å²) in [6.07, 6.45) is 5.53.